The van der Waals surface area contributed by atoms with Gasteiger partial charge in [-0.1, -0.05) is 18.2 Å². The number of esters is 1. The quantitative estimate of drug-likeness (QED) is 0.256. The zero-order valence-corrected chi connectivity index (χ0v) is 18.1. The molecule has 1 unspecified atom stereocenters. The van der Waals surface area contributed by atoms with Gasteiger partial charge in [0.1, 0.15) is 5.75 Å². The number of likely N-dealkylation sites (tertiary alicyclic amines) is 1. The van der Waals surface area contributed by atoms with Crippen LogP contribution in [0.1, 0.15) is 51.1 Å². The Hall–Kier alpha value is -2.28. The number of ether oxygens (including phenoxy) is 2. The number of para-hydroxylation sites is 1. The topological polar surface area (TPSA) is 75.2 Å². The fourth-order valence-corrected chi connectivity index (χ4v) is 3.60. The van der Waals surface area contributed by atoms with Crippen LogP contribution in [0.2, 0.25) is 0 Å². The second kappa shape index (κ2) is 13.0. The van der Waals surface area contributed by atoms with E-state index in [1.165, 1.54) is 18.4 Å². The van der Waals surface area contributed by atoms with Crippen molar-refractivity contribution >= 4 is 11.9 Å². The Kier molecular flexibility index (Phi) is 10.3. The largest absolute Gasteiger partial charge is 0.496 e. The molecule has 2 N–H and O–H groups in total. The molecule has 1 atom stereocenters. The van der Waals surface area contributed by atoms with Gasteiger partial charge in [0.25, 0.3) is 0 Å². The highest BCUT2D eigenvalue weighted by atomic mass is 16.5. The first-order valence-corrected chi connectivity index (χ1v) is 10.7. The highest BCUT2D eigenvalue weighted by Crippen LogP contribution is 2.31. The minimum atomic E-state index is -0.151. The molecule has 1 aliphatic heterocycles. The molecule has 0 bridgehead atoms. The van der Waals surface area contributed by atoms with E-state index in [1.807, 2.05) is 26.0 Å². The minimum absolute atomic E-state index is 0.151. The number of benzene rings is 1. The Morgan fingerprint density at radius 3 is 2.66 bits per heavy atom. The predicted molar refractivity (Wildman–Crippen MR) is 116 cm³/mol. The van der Waals surface area contributed by atoms with E-state index in [-0.39, 0.29) is 12.0 Å². The molecule has 1 heterocycles. The summed E-state index contributed by atoms with van der Waals surface area (Å²) in [5.41, 5.74) is 1.18. The molecule has 1 aliphatic rings. The minimum Gasteiger partial charge on any atom is -0.496 e. The first kappa shape index (κ1) is 23.0. The SMILES string of the molecule is CCNC(=NCC(c1ccccc1OC)N1CCCC1)NCCCC(=O)OCC. The molecule has 0 spiro atoms. The molecule has 162 valence electrons. The van der Waals surface area contributed by atoms with Gasteiger partial charge in [-0.2, -0.15) is 0 Å². The Morgan fingerprint density at radius 2 is 1.97 bits per heavy atom. The smallest absolute Gasteiger partial charge is 0.305 e. The number of hydrogen-bond acceptors (Lipinski definition) is 5. The van der Waals surface area contributed by atoms with Gasteiger partial charge in [0.05, 0.1) is 26.3 Å². The van der Waals surface area contributed by atoms with Crippen molar-refractivity contribution in [3.05, 3.63) is 29.8 Å². The summed E-state index contributed by atoms with van der Waals surface area (Å²) < 4.78 is 10.6. The van der Waals surface area contributed by atoms with Gasteiger partial charge in [0.15, 0.2) is 5.96 Å². The number of aliphatic imine (C=N–C) groups is 1. The highest BCUT2D eigenvalue weighted by molar-refractivity contribution is 5.79. The highest BCUT2D eigenvalue weighted by Gasteiger charge is 2.25. The average Bonchev–Trinajstić information content (AvgIpc) is 3.26. The van der Waals surface area contributed by atoms with Gasteiger partial charge in [-0.3, -0.25) is 14.7 Å². The molecule has 1 fully saturated rings. The number of guanidine groups is 1. The van der Waals surface area contributed by atoms with Gasteiger partial charge in [-0.05, 0) is 52.3 Å². The van der Waals surface area contributed by atoms with Crippen LogP contribution in [0.4, 0.5) is 0 Å². The maximum Gasteiger partial charge on any atom is 0.305 e. The van der Waals surface area contributed by atoms with E-state index in [0.717, 1.165) is 31.3 Å². The van der Waals surface area contributed by atoms with Crippen LogP contribution in [-0.4, -0.2) is 63.3 Å². The van der Waals surface area contributed by atoms with Gasteiger partial charge < -0.3 is 20.1 Å². The zero-order valence-electron chi connectivity index (χ0n) is 18.1. The van der Waals surface area contributed by atoms with Crippen LogP contribution in [0.25, 0.3) is 0 Å². The molecule has 1 saturated heterocycles. The van der Waals surface area contributed by atoms with E-state index in [9.17, 15) is 4.79 Å². The third-order valence-corrected chi connectivity index (χ3v) is 5.00. The summed E-state index contributed by atoms with van der Waals surface area (Å²) >= 11 is 0. The van der Waals surface area contributed by atoms with E-state index < -0.39 is 0 Å². The Bertz CT molecular complexity index is 645. The number of carbonyl (C=O) groups is 1. The van der Waals surface area contributed by atoms with E-state index in [4.69, 9.17) is 14.5 Å². The maximum atomic E-state index is 11.5. The fourth-order valence-electron chi connectivity index (χ4n) is 3.60. The molecule has 2 rings (SSSR count). The van der Waals surface area contributed by atoms with Crippen molar-refractivity contribution in [1.82, 2.24) is 15.5 Å². The number of rotatable bonds is 11. The van der Waals surface area contributed by atoms with E-state index in [1.54, 1.807) is 7.11 Å². The summed E-state index contributed by atoms with van der Waals surface area (Å²) in [6, 6.07) is 8.40. The predicted octanol–water partition coefficient (Wildman–Crippen LogP) is 2.73. The van der Waals surface area contributed by atoms with Gasteiger partial charge in [0, 0.05) is 25.1 Å². The third kappa shape index (κ3) is 7.57. The van der Waals surface area contributed by atoms with E-state index in [2.05, 4.69) is 27.7 Å². The summed E-state index contributed by atoms with van der Waals surface area (Å²) in [7, 11) is 1.72. The van der Waals surface area contributed by atoms with Crippen molar-refractivity contribution in [3.63, 3.8) is 0 Å². The van der Waals surface area contributed by atoms with Crippen LogP contribution in [0, 0.1) is 0 Å². The van der Waals surface area contributed by atoms with Crippen molar-refractivity contribution < 1.29 is 14.3 Å². The lowest BCUT2D eigenvalue weighted by Crippen LogP contribution is -2.39. The van der Waals surface area contributed by atoms with Gasteiger partial charge >= 0.3 is 5.97 Å². The monoisotopic (exact) mass is 404 g/mol. The lowest BCUT2D eigenvalue weighted by Gasteiger charge is -2.28. The number of hydrogen-bond donors (Lipinski definition) is 2. The van der Waals surface area contributed by atoms with Crippen molar-refractivity contribution in [2.24, 2.45) is 4.99 Å². The lowest BCUT2D eigenvalue weighted by molar-refractivity contribution is -0.143. The first-order valence-electron chi connectivity index (χ1n) is 10.7. The Balaban J connectivity index is 2.02. The van der Waals surface area contributed by atoms with Crippen molar-refractivity contribution in [2.75, 3.05) is 46.4 Å². The van der Waals surface area contributed by atoms with Gasteiger partial charge in [-0.15, -0.1) is 0 Å². The third-order valence-electron chi connectivity index (χ3n) is 5.00. The first-order chi connectivity index (χ1) is 14.2. The van der Waals surface area contributed by atoms with Gasteiger partial charge in [0.2, 0.25) is 0 Å². The summed E-state index contributed by atoms with van der Waals surface area (Å²) in [5, 5.41) is 6.62. The fraction of sp³-hybridized carbons (Fsp3) is 0.636. The number of nitrogens with zero attached hydrogens (tertiary/aromatic N) is 2. The normalized spacial score (nSPS) is 15.8. The summed E-state index contributed by atoms with van der Waals surface area (Å²) in [6.45, 7) is 8.58. The molecule has 0 amide bonds. The zero-order chi connectivity index (χ0) is 20.9. The van der Waals surface area contributed by atoms with Crippen LogP contribution in [-0.2, 0) is 9.53 Å². The molecule has 0 radical (unpaired) electrons. The number of nitrogens with one attached hydrogen (secondary N) is 2. The Labute approximate surface area is 174 Å². The van der Waals surface area contributed by atoms with Crippen LogP contribution < -0.4 is 15.4 Å². The molecular formula is C22H36N4O3. The molecule has 0 aliphatic carbocycles. The molecule has 7 heteroatoms. The molecule has 1 aromatic rings. The number of carbonyl (C=O) groups excluding carboxylic acids is 1. The maximum absolute atomic E-state index is 11.5. The second-order valence-corrected chi connectivity index (χ2v) is 7.06. The van der Waals surface area contributed by atoms with Crippen LogP contribution in [0.15, 0.2) is 29.3 Å². The lowest BCUT2D eigenvalue weighted by atomic mass is 10.0. The molecule has 1 aromatic carbocycles. The summed E-state index contributed by atoms with van der Waals surface area (Å²) in [6.07, 6.45) is 3.58. The summed E-state index contributed by atoms with van der Waals surface area (Å²) in [5.74, 6) is 1.53. The van der Waals surface area contributed by atoms with Crippen molar-refractivity contribution in [2.45, 2.75) is 45.6 Å². The van der Waals surface area contributed by atoms with E-state index in [0.29, 0.717) is 32.5 Å². The van der Waals surface area contributed by atoms with Crippen LogP contribution in [0.5, 0.6) is 5.75 Å². The standard InChI is InChI=1S/C22H36N4O3/c1-4-23-22(24-14-10-13-21(27)29-5-2)25-17-19(26-15-8-9-16-26)18-11-6-7-12-20(18)28-3/h6-7,11-12,19H,4-5,8-10,13-17H2,1-3H3,(H2,23,24,25). The van der Waals surface area contributed by atoms with Crippen LogP contribution in [0.3, 0.4) is 0 Å². The van der Waals surface area contributed by atoms with Crippen LogP contribution >= 0.6 is 0 Å². The Morgan fingerprint density at radius 1 is 1.21 bits per heavy atom. The molecule has 7 nitrogen and oxygen atoms in total. The van der Waals surface area contributed by atoms with Gasteiger partial charge in [-0.25, -0.2) is 0 Å². The average molecular weight is 405 g/mol. The summed E-state index contributed by atoms with van der Waals surface area (Å²) in [4.78, 5) is 18.8. The van der Waals surface area contributed by atoms with E-state index >= 15 is 0 Å². The van der Waals surface area contributed by atoms with Crippen molar-refractivity contribution in [1.29, 1.82) is 0 Å². The molecule has 0 saturated carbocycles. The second-order valence-electron chi connectivity index (χ2n) is 7.06. The molecule has 29 heavy (non-hydrogen) atoms. The molecular weight excluding hydrogens is 368 g/mol. The molecule has 0 aromatic heterocycles. The number of methoxy groups -OCH3 is 1. The van der Waals surface area contributed by atoms with Crippen molar-refractivity contribution in [3.8, 4) is 5.75 Å².